The predicted octanol–water partition coefficient (Wildman–Crippen LogP) is 4.49. The lowest BCUT2D eigenvalue weighted by Crippen LogP contribution is -2.45. The summed E-state index contributed by atoms with van der Waals surface area (Å²) in [6.45, 7) is 7.59. The minimum atomic E-state index is -1.32. The molecule has 0 unspecified atom stereocenters. The summed E-state index contributed by atoms with van der Waals surface area (Å²) >= 11 is 0. The Bertz CT molecular complexity index is 1370. The van der Waals surface area contributed by atoms with Crippen molar-refractivity contribution in [3.05, 3.63) is 83.7 Å². The van der Waals surface area contributed by atoms with Crippen LogP contribution in [0, 0.1) is 0 Å². The normalized spacial score (nSPS) is 13.3. The average molecular weight is 588 g/mol. The van der Waals surface area contributed by atoms with Crippen LogP contribution in [-0.4, -0.2) is 75.9 Å². The fourth-order valence-corrected chi connectivity index (χ4v) is 5.24. The van der Waals surface area contributed by atoms with Crippen LogP contribution in [0.5, 0.6) is 5.75 Å². The SMILES string of the molecule is CO[B]Oc1ccc2c(c1)C(=O)N(C[C@H](NC(=O)N(C=O)COCC[Si](C)(C)C)c1ccc(-c3ccncc3)cc1)C2. The zero-order valence-corrected chi connectivity index (χ0v) is 25.4. The van der Waals surface area contributed by atoms with Gasteiger partial charge in [-0.1, -0.05) is 50.0 Å². The largest absolute Gasteiger partial charge is 0.572 e. The van der Waals surface area contributed by atoms with Gasteiger partial charge in [-0.2, -0.15) is 0 Å². The van der Waals surface area contributed by atoms with Gasteiger partial charge in [0.05, 0.1) is 6.04 Å². The molecular formula is C30H36BN4O6Si. The predicted molar refractivity (Wildman–Crippen MR) is 162 cm³/mol. The maximum atomic E-state index is 13.4. The zero-order chi connectivity index (χ0) is 30.1. The number of fused-ring (bicyclic) bond motifs is 1. The first-order valence-electron chi connectivity index (χ1n) is 13.7. The Kier molecular flexibility index (Phi) is 10.5. The highest BCUT2D eigenvalue weighted by Crippen LogP contribution is 2.29. The average Bonchev–Trinajstić information content (AvgIpc) is 3.29. The number of nitrogens with one attached hydrogen (secondary N) is 1. The van der Waals surface area contributed by atoms with Crippen LogP contribution in [0.1, 0.15) is 27.5 Å². The standard InChI is InChI=1S/C30H36BN4O6Si/c1-39-31-41-26-10-9-25-18-34(29(37)27(25)17-26)19-28(24-7-5-22(6-8-24)23-11-13-32-14-12-23)33-30(38)35(20-36)21-40-15-16-42(2,3)4/h5-14,17,20,28H,15-16,18-19,21H2,1-4H3,(H,33,38)/t28-/m0/s1. The quantitative estimate of drug-likeness (QED) is 0.128. The van der Waals surface area contributed by atoms with E-state index in [-0.39, 0.29) is 19.2 Å². The van der Waals surface area contributed by atoms with E-state index in [0.29, 0.717) is 30.9 Å². The molecule has 42 heavy (non-hydrogen) atoms. The van der Waals surface area contributed by atoms with Gasteiger partial charge in [-0.15, -0.1) is 0 Å². The molecule has 0 aliphatic carbocycles. The molecule has 1 N–H and O–H groups in total. The minimum absolute atomic E-state index is 0.150. The van der Waals surface area contributed by atoms with Crippen LogP contribution in [0.25, 0.3) is 11.1 Å². The second-order valence-electron chi connectivity index (χ2n) is 11.2. The molecule has 0 saturated carbocycles. The second kappa shape index (κ2) is 14.3. The van der Waals surface area contributed by atoms with Gasteiger partial charge in [-0.3, -0.25) is 14.6 Å². The van der Waals surface area contributed by atoms with E-state index in [9.17, 15) is 14.4 Å². The Hall–Kier alpha value is -4.00. The highest BCUT2D eigenvalue weighted by Gasteiger charge is 2.31. The highest BCUT2D eigenvalue weighted by molar-refractivity contribution is 6.76. The first-order valence-corrected chi connectivity index (χ1v) is 17.4. The molecule has 10 nitrogen and oxygen atoms in total. The van der Waals surface area contributed by atoms with E-state index in [2.05, 4.69) is 29.9 Å². The van der Waals surface area contributed by atoms with Crippen molar-refractivity contribution in [2.24, 2.45) is 0 Å². The van der Waals surface area contributed by atoms with Gasteiger partial charge < -0.3 is 24.3 Å². The fourth-order valence-electron chi connectivity index (χ4n) is 4.48. The smallest absolute Gasteiger partial charge is 0.537 e. The number of ether oxygens (including phenoxy) is 1. The Balaban J connectivity index is 1.51. The number of carbonyl (C=O) groups excluding carboxylic acids is 3. The van der Waals surface area contributed by atoms with Crippen LogP contribution >= 0.6 is 0 Å². The first-order chi connectivity index (χ1) is 20.2. The summed E-state index contributed by atoms with van der Waals surface area (Å²) in [5.41, 5.74) is 4.16. The Morgan fingerprint density at radius 3 is 2.50 bits per heavy atom. The molecule has 4 amide bonds. The molecule has 12 heteroatoms. The fraction of sp³-hybridized carbons (Fsp3) is 0.333. The van der Waals surface area contributed by atoms with Gasteiger partial charge in [0, 0.05) is 52.8 Å². The Labute approximate surface area is 248 Å². The van der Waals surface area contributed by atoms with Gasteiger partial charge >= 0.3 is 13.7 Å². The van der Waals surface area contributed by atoms with Gasteiger partial charge in [0.25, 0.3) is 5.91 Å². The molecule has 0 spiro atoms. The van der Waals surface area contributed by atoms with Gasteiger partial charge in [-0.25, -0.2) is 9.69 Å². The van der Waals surface area contributed by atoms with E-state index in [1.165, 1.54) is 14.8 Å². The molecule has 0 bridgehead atoms. The number of hydrogen-bond donors (Lipinski definition) is 1. The molecule has 4 rings (SSSR count). The van der Waals surface area contributed by atoms with E-state index in [0.717, 1.165) is 33.2 Å². The summed E-state index contributed by atoms with van der Waals surface area (Å²) < 4.78 is 15.9. The zero-order valence-electron chi connectivity index (χ0n) is 24.4. The number of benzene rings is 2. The van der Waals surface area contributed by atoms with Crippen LogP contribution in [-0.2, 0) is 20.7 Å². The van der Waals surface area contributed by atoms with Crippen LogP contribution in [0.2, 0.25) is 25.7 Å². The molecule has 1 atom stereocenters. The van der Waals surface area contributed by atoms with Crippen molar-refractivity contribution in [1.82, 2.24) is 20.1 Å². The Morgan fingerprint density at radius 1 is 1.12 bits per heavy atom. The van der Waals surface area contributed by atoms with Gasteiger partial charge in [0.2, 0.25) is 6.41 Å². The third-order valence-electron chi connectivity index (χ3n) is 6.88. The monoisotopic (exact) mass is 587 g/mol. The molecule has 1 aliphatic rings. The van der Waals surface area contributed by atoms with E-state index >= 15 is 0 Å². The van der Waals surface area contributed by atoms with Gasteiger partial charge in [-0.05, 0) is 52.6 Å². The molecular weight excluding hydrogens is 551 g/mol. The number of aromatic nitrogens is 1. The maximum absolute atomic E-state index is 13.4. The van der Waals surface area contributed by atoms with Crippen molar-refractivity contribution < 1.29 is 28.4 Å². The second-order valence-corrected chi connectivity index (χ2v) is 16.9. The molecule has 2 heterocycles. The first kappa shape index (κ1) is 30.9. The van der Waals surface area contributed by atoms with Crippen LogP contribution in [0.4, 0.5) is 4.79 Å². The van der Waals surface area contributed by atoms with Crippen LogP contribution in [0.3, 0.4) is 0 Å². The third-order valence-corrected chi connectivity index (χ3v) is 8.59. The van der Waals surface area contributed by atoms with Crippen molar-refractivity contribution in [3.63, 3.8) is 0 Å². The molecule has 0 fully saturated rings. The molecule has 1 aliphatic heterocycles. The molecule has 1 aromatic heterocycles. The highest BCUT2D eigenvalue weighted by atomic mass is 28.3. The lowest BCUT2D eigenvalue weighted by molar-refractivity contribution is -0.119. The van der Waals surface area contributed by atoms with Crippen molar-refractivity contribution in [2.45, 2.75) is 38.3 Å². The molecule has 2 aromatic carbocycles. The van der Waals surface area contributed by atoms with Crippen LogP contribution in [0.15, 0.2) is 67.0 Å². The lowest BCUT2D eigenvalue weighted by atomic mass is 10.0. The number of hydrogen-bond acceptors (Lipinski definition) is 7. The molecule has 219 valence electrons. The van der Waals surface area contributed by atoms with Crippen molar-refractivity contribution >= 4 is 34.1 Å². The minimum Gasteiger partial charge on any atom is -0.537 e. The van der Waals surface area contributed by atoms with E-state index in [1.807, 2.05) is 42.5 Å². The summed E-state index contributed by atoms with van der Waals surface area (Å²) in [7, 11) is 1.34. The summed E-state index contributed by atoms with van der Waals surface area (Å²) in [5.74, 6) is 0.306. The number of imide groups is 1. The number of carbonyl (C=O) groups is 3. The van der Waals surface area contributed by atoms with Gasteiger partial charge in [0.1, 0.15) is 12.5 Å². The van der Waals surface area contributed by atoms with Crippen molar-refractivity contribution in [1.29, 1.82) is 0 Å². The van der Waals surface area contributed by atoms with Crippen molar-refractivity contribution in [2.75, 3.05) is 27.0 Å². The summed E-state index contributed by atoms with van der Waals surface area (Å²) in [6.07, 6.45) is 3.92. The van der Waals surface area contributed by atoms with Gasteiger partial charge in [0.15, 0.2) is 0 Å². The number of pyridine rings is 1. The summed E-state index contributed by atoms with van der Waals surface area (Å²) in [5, 5.41) is 2.95. The summed E-state index contributed by atoms with van der Waals surface area (Å²) in [4.78, 5) is 45.1. The number of nitrogens with zero attached hydrogens (tertiary/aromatic N) is 3. The number of amides is 4. The number of rotatable bonds is 14. The molecule has 0 saturated heterocycles. The molecule has 3 aromatic rings. The lowest BCUT2D eigenvalue weighted by Gasteiger charge is -2.27. The number of urea groups is 1. The third kappa shape index (κ3) is 8.28. The Morgan fingerprint density at radius 2 is 1.83 bits per heavy atom. The van der Waals surface area contributed by atoms with E-state index in [1.54, 1.807) is 29.4 Å². The van der Waals surface area contributed by atoms with Crippen molar-refractivity contribution in [3.8, 4) is 16.9 Å². The van der Waals surface area contributed by atoms with E-state index < -0.39 is 20.1 Å². The maximum Gasteiger partial charge on any atom is 0.572 e. The topological polar surface area (TPSA) is 110 Å². The molecule has 1 radical (unpaired) electrons. The van der Waals surface area contributed by atoms with E-state index in [4.69, 9.17) is 14.0 Å². The van der Waals surface area contributed by atoms with Crippen LogP contribution < -0.4 is 9.97 Å². The summed E-state index contributed by atoms with van der Waals surface area (Å²) in [6, 6.07) is 16.6.